The zero-order chi connectivity index (χ0) is 13.7. The average molecular weight is 328 g/mol. The molecular formula is C15H22BrNO2. The van der Waals surface area contributed by atoms with Crippen LogP contribution in [0.2, 0.25) is 0 Å². The van der Waals surface area contributed by atoms with E-state index in [0.29, 0.717) is 0 Å². The Hall–Kier alpha value is -0.580. The number of benzene rings is 1. The molecule has 2 unspecified atom stereocenters. The molecule has 3 nitrogen and oxygen atoms in total. The van der Waals surface area contributed by atoms with Crippen molar-refractivity contribution in [2.75, 3.05) is 6.54 Å². The van der Waals surface area contributed by atoms with Gasteiger partial charge in [-0.3, -0.25) is 0 Å². The van der Waals surface area contributed by atoms with E-state index in [-0.39, 0.29) is 12.2 Å². The van der Waals surface area contributed by atoms with Crippen LogP contribution in [0.25, 0.3) is 0 Å². The maximum atomic E-state index is 10.0. The van der Waals surface area contributed by atoms with E-state index in [0.717, 1.165) is 54.6 Å². The Morgan fingerprint density at radius 2 is 2.16 bits per heavy atom. The Kier molecular flexibility index (Phi) is 5.67. The normalized spacial score (nSPS) is 23.3. The summed E-state index contributed by atoms with van der Waals surface area (Å²) in [7, 11) is 0. The SMILES string of the molecule is CCNCc1cccc(Br)c1OC1CCCCC1O. The van der Waals surface area contributed by atoms with Gasteiger partial charge >= 0.3 is 0 Å². The molecule has 106 valence electrons. The lowest BCUT2D eigenvalue weighted by atomic mass is 9.95. The fourth-order valence-corrected chi connectivity index (χ4v) is 2.95. The third kappa shape index (κ3) is 3.94. The second-order valence-corrected chi connectivity index (χ2v) is 5.87. The lowest BCUT2D eigenvalue weighted by Crippen LogP contribution is -2.35. The van der Waals surface area contributed by atoms with Gasteiger partial charge in [-0.15, -0.1) is 0 Å². The Labute approximate surface area is 123 Å². The smallest absolute Gasteiger partial charge is 0.138 e. The number of rotatable bonds is 5. The Balaban J connectivity index is 2.13. The summed E-state index contributed by atoms with van der Waals surface area (Å²) < 4.78 is 7.05. The third-order valence-corrected chi connectivity index (χ3v) is 4.18. The maximum absolute atomic E-state index is 10.0. The van der Waals surface area contributed by atoms with Crippen molar-refractivity contribution in [2.24, 2.45) is 0 Å². The number of aliphatic hydroxyl groups excluding tert-OH is 1. The van der Waals surface area contributed by atoms with Crippen LogP contribution in [0.3, 0.4) is 0 Å². The number of para-hydroxylation sites is 1. The fourth-order valence-electron chi connectivity index (χ4n) is 2.45. The predicted molar refractivity (Wildman–Crippen MR) is 80.4 cm³/mol. The first kappa shape index (κ1) is 14.8. The molecule has 2 atom stereocenters. The van der Waals surface area contributed by atoms with Gasteiger partial charge in [0.05, 0.1) is 10.6 Å². The van der Waals surface area contributed by atoms with E-state index in [9.17, 15) is 5.11 Å². The molecule has 4 heteroatoms. The summed E-state index contributed by atoms with van der Waals surface area (Å²) in [5.74, 6) is 0.870. The van der Waals surface area contributed by atoms with E-state index in [2.05, 4.69) is 34.2 Å². The van der Waals surface area contributed by atoms with Crippen molar-refractivity contribution in [3.63, 3.8) is 0 Å². The zero-order valence-electron chi connectivity index (χ0n) is 11.4. The van der Waals surface area contributed by atoms with E-state index in [4.69, 9.17) is 4.74 Å². The highest BCUT2D eigenvalue weighted by molar-refractivity contribution is 9.10. The van der Waals surface area contributed by atoms with Crippen molar-refractivity contribution in [3.8, 4) is 5.75 Å². The van der Waals surface area contributed by atoms with Crippen molar-refractivity contribution in [1.29, 1.82) is 0 Å². The molecule has 0 aliphatic heterocycles. The molecule has 0 amide bonds. The van der Waals surface area contributed by atoms with E-state index >= 15 is 0 Å². The van der Waals surface area contributed by atoms with E-state index in [1.807, 2.05) is 12.1 Å². The number of aliphatic hydroxyl groups is 1. The quantitative estimate of drug-likeness (QED) is 0.872. The summed E-state index contributed by atoms with van der Waals surface area (Å²) in [5.41, 5.74) is 1.13. The molecule has 2 N–H and O–H groups in total. The lowest BCUT2D eigenvalue weighted by Gasteiger charge is -2.29. The van der Waals surface area contributed by atoms with E-state index in [1.165, 1.54) is 0 Å². The van der Waals surface area contributed by atoms with Crippen LogP contribution < -0.4 is 10.1 Å². The maximum Gasteiger partial charge on any atom is 0.138 e. The number of ether oxygens (including phenoxy) is 1. The minimum Gasteiger partial charge on any atom is -0.486 e. The molecule has 0 aromatic heterocycles. The van der Waals surface area contributed by atoms with E-state index < -0.39 is 0 Å². The molecule has 0 saturated heterocycles. The first-order valence-corrected chi connectivity index (χ1v) is 7.84. The molecule has 1 aromatic carbocycles. The molecule has 1 aromatic rings. The highest BCUT2D eigenvalue weighted by atomic mass is 79.9. The van der Waals surface area contributed by atoms with Crippen LogP contribution in [0.15, 0.2) is 22.7 Å². The van der Waals surface area contributed by atoms with Crippen molar-refractivity contribution in [2.45, 2.75) is 51.4 Å². The number of halogens is 1. The summed E-state index contributed by atoms with van der Waals surface area (Å²) in [6.45, 7) is 3.80. The largest absolute Gasteiger partial charge is 0.486 e. The number of nitrogens with one attached hydrogen (secondary N) is 1. The van der Waals surface area contributed by atoms with Crippen LogP contribution in [-0.4, -0.2) is 23.9 Å². The number of hydrogen-bond donors (Lipinski definition) is 2. The van der Waals surface area contributed by atoms with Gasteiger partial charge in [-0.1, -0.05) is 25.5 Å². The molecule has 0 heterocycles. The average Bonchev–Trinajstić information content (AvgIpc) is 2.41. The highest BCUT2D eigenvalue weighted by Gasteiger charge is 2.26. The summed E-state index contributed by atoms with van der Waals surface area (Å²) in [6.07, 6.45) is 3.59. The molecule has 1 aliphatic rings. The lowest BCUT2D eigenvalue weighted by molar-refractivity contribution is 0.00596. The molecule has 0 bridgehead atoms. The van der Waals surface area contributed by atoms with Gasteiger partial charge < -0.3 is 15.2 Å². The molecule has 19 heavy (non-hydrogen) atoms. The molecule has 1 saturated carbocycles. The van der Waals surface area contributed by atoms with Crippen molar-refractivity contribution >= 4 is 15.9 Å². The summed E-state index contributed by atoms with van der Waals surface area (Å²) in [6, 6.07) is 6.07. The van der Waals surface area contributed by atoms with Crippen LogP contribution in [0.1, 0.15) is 38.2 Å². The minimum atomic E-state index is -0.340. The molecule has 1 aliphatic carbocycles. The third-order valence-electron chi connectivity index (χ3n) is 3.55. The zero-order valence-corrected chi connectivity index (χ0v) is 12.9. The summed E-state index contributed by atoms with van der Waals surface area (Å²) in [5, 5.41) is 13.3. The Bertz CT molecular complexity index is 411. The standard InChI is InChI=1S/C15H22BrNO2/c1-2-17-10-11-6-5-7-12(16)15(11)19-14-9-4-3-8-13(14)18/h5-7,13-14,17-18H,2-4,8-10H2,1H3. The molecule has 1 fully saturated rings. The van der Waals surface area contributed by atoms with Crippen molar-refractivity contribution < 1.29 is 9.84 Å². The second kappa shape index (κ2) is 7.27. The van der Waals surface area contributed by atoms with Crippen LogP contribution >= 0.6 is 15.9 Å². The topological polar surface area (TPSA) is 41.5 Å². The van der Waals surface area contributed by atoms with Gasteiger partial charge in [0.2, 0.25) is 0 Å². The number of hydrogen-bond acceptors (Lipinski definition) is 3. The minimum absolute atomic E-state index is 0.0761. The van der Waals surface area contributed by atoms with Gasteiger partial charge in [0, 0.05) is 12.1 Å². The van der Waals surface area contributed by atoms with Crippen molar-refractivity contribution in [3.05, 3.63) is 28.2 Å². The molecular weight excluding hydrogens is 306 g/mol. The molecule has 0 radical (unpaired) electrons. The van der Waals surface area contributed by atoms with E-state index in [1.54, 1.807) is 0 Å². The Morgan fingerprint density at radius 1 is 1.37 bits per heavy atom. The van der Waals surface area contributed by atoms with Crippen LogP contribution in [0, 0.1) is 0 Å². The van der Waals surface area contributed by atoms with Gasteiger partial charge in [0.1, 0.15) is 11.9 Å². The summed E-state index contributed by atoms with van der Waals surface area (Å²) in [4.78, 5) is 0. The van der Waals surface area contributed by atoms with Gasteiger partial charge in [0.25, 0.3) is 0 Å². The van der Waals surface area contributed by atoms with Crippen molar-refractivity contribution in [1.82, 2.24) is 5.32 Å². The predicted octanol–water partition coefficient (Wildman–Crippen LogP) is 3.24. The van der Waals surface area contributed by atoms with Crippen LogP contribution in [0.4, 0.5) is 0 Å². The molecule has 0 spiro atoms. The highest BCUT2D eigenvalue weighted by Crippen LogP contribution is 2.32. The van der Waals surface area contributed by atoms with Crippen LogP contribution in [0.5, 0.6) is 5.75 Å². The van der Waals surface area contributed by atoms with Gasteiger partial charge in [-0.05, 0) is 47.8 Å². The van der Waals surface area contributed by atoms with Crippen LogP contribution in [-0.2, 0) is 6.54 Å². The van der Waals surface area contributed by atoms with Gasteiger partial charge in [0.15, 0.2) is 0 Å². The van der Waals surface area contributed by atoms with Gasteiger partial charge in [-0.25, -0.2) is 0 Å². The first-order chi connectivity index (χ1) is 9.22. The summed E-state index contributed by atoms with van der Waals surface area (Å²) >= 11 is 3.55. The van der Waals surface area contributed by atoms with Gasteiger partial charge in [-0.2, -0.15) is 0 Å². The molecule has 2 rings (SSSR count). The second-order valence-electron chi connectivity index (χ2n) is 5.02. The monoisotopic (exact) mass is 327 g/mol. The fraction of sp³-hybridized carbons (Fsp3) is 0.600. The first-order valence-electron chi connectivity index (χ1n) is 7.05. The Morgan fingerprint density at radius 3 is 2.89 bits per heavy atom.